The van der Waals surface area contributed by atoms with Crippen molar-refractivity contribution in [1.29, 1.82) is 0 Å². The van der Waals surface area contributed by atoms with Gasteiger partial charge < -0.3 is 5.32 Å². The summed E-state index contributed by atoms with van der Waals surface area (Å²) in [5.41, 5.74) is 3.70. The number of anilines is 2. The molecule has 0 spiro atoms. The number of aromatic nitrogens is 1. The van der Waals surface area contributed by atoms with Crippen LogP contribution in [-0.4, -0.2) is 11.0 Å². The van der Waals surface area contributed by atoms with Crippen LogP contribution >= 0.6 is 27.3 Å². The molecule has 0 saturated carbocycles. The van der Waals surface area contributed by atoms with Gasteiger partial charge in [-0.15, -0.1) is 11.3 Å². The molecule has 2 N–H and O–H groups in total. The third kappa shape index (κ3) is 4.18. The summed E-state index contributed by atoms with van der Waals surface area (Å²) in [6, 6.07) is 15.2. The average Bonchev–Trinajstić information content (AvgIpc) is 2.96. The van der Waals surface area contributed by atoms with Crippen molar-refractivity contribution in [2.24, 2.45) is 0 Å². The summed E-state index contributed by atoms with van der Waals surface area (Å²) in [7, 11) is 0. The molecule has 6 heteroatoms. The molecule has 0 radical (unpaired) electrons. The number of hydrogen-bond donors (Lipinski definition) is 2. The van der Waals surface area contributed by atoms with Gasteiger partial charge in [0.2, 0.25) is 0 Å². The lowest BCUT2D eigenvalue weighted by Crippen LogP contribution is -2.19. The number of carbonyl (C=O) groups excluding carboxylic acids is 1. The summed E-state index contributed by atoms with van der Waals surface area (Å²) < 4.78 is 1.02. The molecule has 0 aliphatic carbocycles. The summed E-state index contributed by atoms with van der Waals surface area (Å²) in [5.74, 6) is 0. The average molecular weight is 388 g/mol. The highest BCUT2D eigenvalue weighted by molar-refractivity contribution is 9.10. The molecule has 0 aliphatic heterocycles. The highest BCUT2D eigenvalue weighted by atomic mass is 79.9. The third-order valence-corrected chi connectivity index (χ3v) is 4.43. The minimum atomic E-state index is -0.299. The Kier molecular flexibility index (Phi) is 4.73. The van der Waals surface area contributed by atoms with Crippen LogP contribution in [0.4, 0.5) is 15.6 Å². The zero-order chi connectivity index (χ0) is 16.2. The Hall–Kier alpha value is -2.18. The SMILES string of the molecule is Cc1cccc(NC(=O)Nc2nc(-c3ccc(Br)cc3)cs2)c1. The predicted molar refractivity (Wildman–Crippen MR) is 99.1 cm³/mol. The van der Waals surface area contributed by atoms with Crippen LogP contribution in [0.15, 0.2) is 58.4 Å². The molecule has 3 rings (SSSR count). The maximum Gasteiger partial charge on any atom is 0.325 e. The van der Waals surface area contributed by atoms with E-state index in [4.69, 9.17) is 0 Å². The van der Waals surface area contributed by atoms with Crippen molar-refractivity contribution < 1.29 is 4.79 Å². The minimum absolute atomic E-state index is 0.299. The molecule has 4 nitrogen and oxygen atoms in total. The van der Waals surface area contributed by atoms with Crippen molar-refractivity contribution >= 4 is 44.1 Å². The van der Waals surface area contributed by atoms with E-state index in [1.54, 1.807) is 0 Å². The molecule has 23 heavy (non-hydrogen) atoms. The molecule has 3 aromatic rings. The number of urea groups is 1. The lowest BCUT2D eigenvalue weighted by molar-refractivity contribution is 0.262. The van der Waals surface area contributed by atoms with Gasteiger partial charge in [0.1, 0.15) is 0 Å². The number of amides is 2. The first-order valence-electron chi connectivity index (χ1n) is 6.96. The highest BCUT2D eigenvalue weighted by Crippen LogP contribution is 2.26. The molecule has 2 amide bonds. The van der Waals surface area contributed by atoms with Crippen LogP contribution in [0, 0.1) is 6.92 Å². The standard InChI is InChI=1S/C17H14BrN3OS/c1-11-3-2-4-14(9-11)19-16(22)21-17-20-15(10-23-17)12-5-7-13(18)8-6-12/h2-10H,1H3,(H2,19,20,21,22). The van der Waals surface area contributed by atoms with Crippen molar-refractivity contribution in [1.82, 2.24) is 4.98 Å². The van der Waals surface area contributed by atoms with Crippen molar-refractivity contribution in [2.45, 2.75) is 6.92 Å². The van der Waals surface area contributed by atoms with E-state index in [1.807, 2.05) is 60.8 Å². The third-order valence-electron chi connectivity index (χ3n) is 3.14. The van der Waals surface area contributed by atoms with E-state index in [1.165, 1.54) is 11.3 Å². The van der Waals surface area contributed by atoms with Gasteiger partial charge in [0, 0.05) is 21.1 Å². The second-order valence-electron chi connectivity index (χ2n) is 4.99. The quantitative estimate of drug-likeness (QED) is 0.620. The molecular weight excluding hydrogens is 374 g/mol. The van der Waals surface area contributed by atoms with Gasteiger partial charge in [0.15, 0.2) is 5.13 Å². The first-order valence-corrected chi connectivity index (χ1v) is 8.63. The Labute approximate surface area is 146 Å². The summed E-state index contributed by atoms with van der Waals surface area (Å²) in [6.07, 6.45) is 0. The van der Waals surface area contributed by atoms with Gasteiger partial charge in [0.05, 0.1) is 5.69 Å². The molecule has 0 bridgehead atoms. The zero-order valence-corrected chi connectivity index (χ0v) is 14.7. The summed E-state index contributed by atoms with van der Waals surface area (Å²) >= 11 is 4.81. The van der Waals surface area contributed by atoms with Crippen molar-refractivity contribution in [3.05, 3.63) is 63.9 Å². The molecule has 0 aliphatic rings. The van der Waals surface area contributed by atoms with Gasteiger partial charge in [-0.1, -0.05) is 40.2 Å². The highest BCUT2D eigenvalue weighted by Gasteiger charge is 2.08. The van der Waals surface area contributed by atoms with Gasteiger partial charge in [-0.25, -0.2) is 9.78 Å². The Bertz CT molecular complexity index is 830. The number of rotatable bonds is 3. The molecule has 1 aromatic heterocycles. The van der Waals surface area contributed by atoms with Crippen LogP contribution < -0.4 is 10.6 Å². The number of nitrogens with zero attached hydrogens (tertiary/aromatic N) is 1. The lowest BCUT2D eigenvalue weighted by atomic mass is 10.2. The fourth-order valence-corrected chi connectivity index (χ4v) is 3.05. The van der Waals surface area contributed by atoms with Crippen molar-refractivity contribution in [3.63, 3.8) is 0 Å². The largest absolute Gasteiger partial charge is 0.325 e. The van der Waals surface area contributed by atoms with E-state index in [2.05, 4.69) is 31.5 Å². The molecule has 116 valence electrons. The molecule has 1 heterocycles. The van der Waals surface area contributed by atoms with E-state index in [-0.39, 0.29) is 6.03 Å². The monoisotopic (exact) mass is 387 g/mol. The first kappa shape index (κ1) is 15.7. The molecule has 0 fully saturated rings. The van der Waals surface area contributed by atoms with Gasteiger partial charge in [-0.2, -0.15) is 0 Å². The molecule has 0 atom stereocenters. The Balaban J connectivity index is 1.66. The van der Waals surface area contributed by atoms with E-state index >= 15 is 0 Å². The Morgan fingerprint density at radius 2 is 1.91 bits per heavy atom. The number of aryl methyl sites for hydroxylation is 1. The normalized spacial score (nSPS) is 10.3. The number of halogens is 1. The smallest absolute Gasteiger partial charge is 0.308 e. The first-order chi connectivity index (χ1) is 11.1. The van der Waals surface area contributed by atoms with Gasteiger partial charge in [-0.3, -0.25) is 5.32 Å². The number of thiazole rings is 1. The minimum Gasteiger partial charge on any atom is -0.308 e. The summed E-state index contributed by atoms with van der Waals surface area (Å²) in [4.78, 5) is 16.5. The van der Waals surface area contributed by atoms with E-state index in [0.29, 0.717) is 5.13 Å². The maximum atomic E-state index is 12.0. The summed E-state index contributed by atoms with van der Waals surface area (Å²) in [5, 5.41) is 8.04. The topological polar surface area (TPSA) is 54.0 Å². The fraction of sp³-hybridized carbons (Fsp3) is 0.0588. The molecule has 2 aromatic carbocycles. The second-order valence-corrected chi connectivity index (χ2v) is 6.77. The lowest BCUT2D eigenvalue weighted by Gasteiger charge is -2.05. The molecular formula is C17H14BrN3OS. The van der Waals surface area contributed by atoms with Gasteiger partial charge in [0.25, 0.3) is 0 Å². The summed E-state index contributed by atoms with van der Waals surface area (Å²) in [6.45, 7) is 1.98. The van der Waals surface area contributed by atoms with Crippen LogP contribution in [0.1, 0.15) is 5.56 Å². The molecule has 0 unspecified atom stereocenters. The molecule has 0 saturated heterocycles. The fourth-order valence-electron chi connectivity index (χ4n) is 2.07. The van der Waals surface area contributed by atoms with E-state index < -0.39 is 0 Å². The number of nitrogens with one attached hydrogen (secondary N) is 2. The maximum absolute atomic E-state index is 12.0. The number of benzene rings is 2. The van der Waals surface area contributed by atoms with Crippen LogP contribution in [0.3, 0.4) is 0 Å². The van der Waals surface area contributed by atoms with E-state index in [9.17, 15) is 4.79 Å². The number of carbonyl (C=O) groups is 1. The predicted octanol–water partition coefficient (Wildman–Crippen LogP) is 5.53. The van der Waals surface area contributed by atoms with Crippen molar-refractivity contribution in [3.8, 4) is 11.3 Å². The number of hydrogen-bond acceptors (Lipinski definition) is 3. The van der Waals surface area contributed by atoms with Gasteiger partial charge in [-0.05, 0) is 36.8 Å². The Morgan fingerprint density at radius 1 is 1.13 bits per heavy atom. The Morgan fingerprint density at radius 3 is 2.65 bits per heavy atom. The van der Waals surface area contributed by atoms with Gasteiger partial charge >= 0.3 is 6.03 Å². The van der Waals surface area contributed by atoms with Crippen LogP contribution in [0.2, 0.25) is 0 Å². The van der Waals surface area contributed by atoms with E-state index in [0.717, 1.165) is 27.0 Å². The van der Waals surface area contributed by atoms with Crippen LogP contribution in [-0.2, 0) is 0 Å². The zero-order valence-electron chi connectivity index (χ0n) is 12.3. The second kappa shape index (κ2) is 6.93. The van der Waals surface area contributed by atoms with Crippen molar-refractivity contribution in [2.75, 3.05) is 10.6 Å². The van der Waals surface area contributed by atoms with Crippen LogP contribution in [0.25, 0.3) is 11.3 Å². The van der Waals surface area contributed by atoms with Crippen LogP contribution in [0.5, 0.6) is 0 Å².